The quantitative estimate of drug-likeness (QED) is 0.340. The molecule has 0 N–H and O–H groups in total. The van der Waals surface area contributed by atoms with Crippen LogP contribution in [-0.2, 0) is 0 Å². The largest absolute Gasteiger partial charge is 1.00 e. The van der Waals surface area contributed by atoms with Crippen molar-refractivity contribution >= 4 is 5.69 Å². The van der Waals surface area contributed by atoms with Gasteiger partial charge in [-0.1, -0.05) is 17.8 Å². The summed E-state index contributed by atoms with van der Waals surface area (Å²) in [6.45, 7) is 9.14. The third-order valence-corrected chi connectivity index (χ3v) is 1.76. The van der Waals surface area contributed by atoms with Gasteiger partial charge in [0, 0.05) is 13.1 Å². The van der Waals surface area contributed by atoms with E-state index >= 15 is 0 Å². The molecule has 0 radical (unpaired) electrons. The van der Waals surface area contributed by atoms with Gasteiger partial charge < -0.3 is 4.90 Å². The van der Waals surface area contributed by atoms with Gasteiger partial charge in [-0.3, -0.25) is 0 Å². The van der Waals surface area contributed by atoms with Gasteiger partial charge in [-0.15, -0.1) is 25.3 Å². The molecular formula is C12H14LiN. The van der Waals surface area contributed by atoms with Gasteiger partial charge in [0.05, 0.1) is 0 Å². The van der Waals surface area contributed by atoms with E-state index in [-0.39, 0.29) is 18.9 Å². The van der Waals surface area contributed by atoms with Gasteiger partial charge in [-0.05, 0) is 0 Å². The predicted molar refractivity (Wildman–Crippen MR) is 57.9 cm³/mol. The van der Waals surface area contributed by atoms with Crippen LogP contribution in [-0.4, -0.2) is 13.1 Å². The van der Waals surface area contributed by atoms with Crippen LogP contribution in [0.3, 0.4) is 0 Å². The fourth-order valence-electron chi connectivity index (χ4n) is 1.19. The zero-order chi connectivity index (χ0) is 9.52. The molecule has 0 amide bonds. The Kier molecular flexibility index (Phi) is 7.01. The van der Waals surface area contributed by atoms with E-state index in [4.69, 9.17) is 0 Å². The van der Waals surface area contributed by atoms with Crippen LogP contribution in [0.25, 0.3) is 0 Å². The van der Waals surface area contributed by atoms with Gasteiger partial charge >= 0.3 is 18.9 Å². The number of hydrogen-bond acceptors (Lipinski definition) is 1. The molecule has 0 aliphatic heterocycles. The van der Waals surface area contributed by atoms with E-state index in [1.807, 2.05) is 36.4 Å². The first-order valence-corrected chi connectivity index (χ1v) is 4.31. The van der Waals surface area contributed by atoms with Crippen molar-refractivity contribution in [2.75, 3.05) is 18.0 Å². The monoisotopic (exact) mass is 179 g/mol. The predicted octanol–water partition coefficient (Wildman–Crippen LogP) is -0.331. The second kappa shape index (κ2) is 7.50. The van der Waals surface area contributed by atoms with Crippen LogP contribution in [0.2, 0.25) is 0 Å². The van der Waals surface area contributed by atoms with Crippen LogP contribution in [0, 0.1) is 6.07 Å². The number of hydrogen-bond donors (Lipinski definition) is 0. The molecule has 0 saturated carbocycles. The van der Waals surface area contributed by atoms with Gasteiger partial charge in [-0.2, -0.15) is 18.2 Å². The van der Waals surface area contributed by atoms with E-state index in [2.05, 4.69) is 24.1 Å². The molecule has 0 saturated heterocycles. The third-order valence-electron chi connectivity index (χ3n) is 1.76. The van der Waals surface area contributed by atoms with Gasteiger partial charge in [0.15, 0.2) is 0 Å². The molecule has 0 unspecified atom stereocenters. The molecular weight excluding hydrogens is 165 g/mol. The summed E-state index contributed by atoms with van der Waals surface area (Å²) >= 11 is 0. The number of nitrogens with zero attached hydrogens (tertiary/aromatic N) is 1. The Morgan fingerprint density at radius 2 is 1.64 bits per heavy atom. The summed E-state index contributed by atoms with van der Waals surface area (Å²) in [5.41, 5.74) is 1.18. The van der Waals surface area contributed by atoms with Crippen LogP contribution in [0.4, 0.5) is 5.69 Å². The van der Waals surface area contributed by atoms with Crippen molar-refractivity contribution in [1.82, 2.24) is 0 Å². The normalized spacial score (nSPS) is 8.57. The van der Waals surface area contributed by atoms with Gasteiger partial charge in [0.25, 0.3) is 0 Å². The SMILES string of the molecule is C=CCN(CC=C)c1cc[c-]cc1.[Li+]. The van der Waals surface area contributed by atoms with Crippen molar-refractivity contribution in [2.45, 2.75) is 0 Å². The van der Waals surface area contributed by atoms with E-state index in [0.29, 0.717) is 0 Å². The second-order valence-corrected chi connectivity index (χ2v) is 2.74. The Balaban J connectivity index is 0.00000169. The van der Waals surface area contributed by atoms with Crippen molar-refractivity contribution in [1.29, 1.82) is 0 Å². The van der Waals surface area contributed by atoms with Crippen molar-refractivity contribution in [3.05, 3.63) is 55.6 Å². The smallest absolute Gasteiger partial charge is 0.386 e. The summed E-state index contributed by atoms with van der Waals surface area (Å²) < 4.78 is 0. The Morgan fingerprint density at radius 3 is 2.07 bits per heavy atom. The summed E-state index contributed by atoms with van der Waals surface area (Å²) in [4.78, 5) is 2.19. The molecule has 14 heavy (non-hydrogen) atoms. The number of benzene rings is 1. The third kappa shape index (κ3) is 3.87. The zero-order valence-electron chi connectivity index (χ0n) is 8.74. The van der Waals surface area contributed by atoms with Crippen LogP contribution >= 0.6 is 0 Å². The number of rotatable bonds is 5. The van der Waals surface area contributed by atoms with Crippen molar-refractivity contribution in [3.63, 3.8) is 0 Å². The minimum absolute atomic E-state index is 0. The molecule has 1 rings (SSSR count). The maximum atomic E-state index is 3.72. The second-order valence-electron chi connectivity index (χ2n) is 2.74. The van der Waals surface area contributed by atoms with Gasteiger partial charge in [0.2, 0.25) is 0 Å². The molecule has 2 heteroatoms. The Labute approximate surface area is 98.3 Å². The van der Waals surface area contributed by atoms with E-state index in [1.165, 1.54) is 5.69 Å². The van der Waals surface area contributed by atoms with Crippen LogP contribution in [0.5, 0.6) is 0 Å². The van der Waals surface area contributed by atoms with Crippen LogP contribution < -0.4 is 23.8 Å². The summed E-state index contributed by atoms with van der Waals surface area (Å²) in [7, 11) is 0. The van der Waals surface area contributed by atoms with E-state index in [1.54, 1.807) is 0 Å². The molecule has 1 aromatic carbocycles. The standard InChI is InChI=1S/C12H14N.Li/c1-3-10-13(11-4-2)12-8-6-5-7-9-12;/h3-4,6-9H,1-2,10-11H2;/q-1;+1. The molecule has 0 fully saturated rings. The summed E-state index contributed by atoms with van der Waals surface area (Å²) in [5.74, 6) is 0. The molecule has 0 spiro atoms. The Hall–Kier alpha value is -0.903. The van der Waals surface area contributed by atoms with Crippen LogP contribution in [0.1, 0.15) is 0 Å². The molecule has 0 aromatic heterocycles. The first-order chi connectivity index (χ1) is 6.38. The van der Waals surface area contributed by atoms with E-state index < -0.39 is 0 Å². The van der Waals surface area contributed by atoms with Gasteiger partial charge in [-0.25, -0.2) is 0 Å². The first-order valence-electron chi connectivity index (χ1n) is 4.31. The van der Waals surface area contributed by atoms with Crippen molar-refractivity contribution < 1.29 is 18.9 Å². The summed E-state index contributed by atoms with van der Waals surface area (Å²) in [6.07, 6.45) is 3.78. The average molecular weight is 179 g/mol. The topological polar surface area (TPSA) is 3.24 Å². The molecule has 0 atom stereocenters. The van der Waals surface area contributed by atoms with Crippen molar-refractivity contribution in [2.24, 2.45) is 0 Å². The Morgan fingerprint density at radius 1 is 1.14 bits per heavy atom. The Bertz CT molecular complexity index is 259. The first kappa shape index (κ1) is 13.1. The minimum Gasteiger partial charge on any atom is -0.386 e. The van der Waals surface area contributed by atoms with Crippen LogP contribution in [0.15, 0.2) is 49.6 Å². The molecule has 0 aliphatic rings. The maximum absolute atomic E-state index is 3.72. The minimum atomic E-state index is 0. The van der Waals surface area contributed by atoms with Crippen molar-refractivity contribution in [3.8, 4) is 0 Å². The molecule has 68 valence electrons. The summed E-state index contributed by atoms with van der Waals surface area (Å²) in [5, 5.41) is 0. The molecule has 0 bridgehead atoms. The molecule has 0 aliphatic carbocycles. The van der Waals surface area contributed by atoms with E-state index in [9.17, 15) is 0 Å². The zero-order valence-corrected chi connectivity index (χ0v) is 8.74. The maximum Gasteiger partial charge on any atom is 1.00 e. The fraction of sp³-hybridized carbons (Fsp3) is 0.167. The molecule has 0 heterocycles. The van der Waals surface area contributed by atoms with E-state index in [0.717, 1.165) is 13.1 Å². The van der Waals surface area contributed by atoms with Gasteiger partial charge in [0.1, 0.15) is 0 Å². The number of anilines is 1. The molecule has 1 aromatic rings. The average Bonchev–Trinajstić information content (AvgIpc) is 2.19. The fourth-order valence-corrected chi connectivity index (χ4v) is 1.19. The molecule has 1 nitrogen and oxygen atoms in total. The summed E-state index contributed by atoms with van der Waals surface area (Å²) in [6, 6.07) is 10.9.